The van der Waals surface area contributed by atoms with Crippen molar-refractivity contribution in [3.8, 4) is 0 Å². The normalized spacial score (nSPS) is 21.5. The number of aliphatic carboxylic acids is 1. The Bertz CT molecular complexity index is 904. The molecule has 3 N–H and O–H groups in total. The number of allylic oxidation sites excluding steroid dienone is 9. The van der Waals surface area contributed by atoms with Crippen molar-refractivity contribution in [1.82, 2.24) is 4.90 Å². The van der Waals surface area contributed by atoms with Crippen LogP contribution in [0, 0.1) is 11.8 Å². The Morgan fingerprint density at radius 1 is 1.00 bits per heavy atom. The van der Waals surface area contributed by atoms with Crippen molar-refractivity contribution in [2.75, 3.05) is 7.05 Å². The Morgan fingerprint density at radius 3 is 2.09 bits per heavy atom. The first kappa shape index (κ1) is 27.8. The van der Waals surface area contributed by atoms with Gasteiger partial charge < -0.3 is 20.2 Å². The zero-order valence-corrected chi connectivity index (χ0v) is 19.9. The summed E-state index contributed by atoms with van der Waals surface area (Å²) >= 11 is 0. The lowest BCUT2D eigenvalue weighted by atomic mass is 9.93. The number of amides is 1. The van der Waals surface area contributed by atoms with Crippen LogP contribution in [-0.4, -0.2) is 57.1 Å². The number of rotatable bonds is 11. The first-order valence-corrected chi connectivity index (χ1v) is 11.0. The Kier molecular flexibility index (Phi) is 11.3. The lowest BCUT2D eigenvalue weighted by molar-refractivity contribution is -0.138. The van der Waals surface area contributed by atoms with Gasteiger partial charge in [0.05, 0.1) is 12.1 Å². The summed E-state index contributed by atoms with van der Waals surface area (Å²) in [7, 11) is 1.42. The van der Waals surface area contributed by atoms with Crippen LogP contribution < -0.4 is 0 Å². The van der Waals surface area contributed by atoms with Crippen molar-refractivity contribution in [3.05, 3.63) is 71.6 Å². The predicted octanol–water partition coefficient (Wildman–Crippen LogP) is 3.90. The van der Waals surface area contributed by atoms with Gasteiger partial charge in [0.2, 0.25) is 0 Å². The smallest absolute Gasteiger partial charge is 0.303 e. The average molecular weight is 458 g/mol. The molecule has 0 aromatic heterocycles. The van der Waals surface area contributed by atoms with Crippen LogP contribution in [0.2, 0.25) is 0 Å². The lowest BCUT2D eigenvalue weighted by Gasteiger charge is -2.19. The molecule has 33 heavy (non-hydrogen) atoms. The van der Waals surface area contributed by atoms with Crippen LogP contribution in [0.15, 0.2) is 71.6 Å². The first-order chi connectivity index (χ1) is 15.5. The summed E-state index contributed by atoms with van der Waals surface area (Å²) in [6, 6.07) is -0.876. The van der Waals surface area contributed by atoms with Gasteiger partial charge in [0, 0.05) is 19.4 Å². The summed E-state index contributed by atoms with van der Waals surface area (Å²) in [6.45, 7) is 7.93. The molecule has 1 rings (SSSR count). The second kappa shape index (κ2) is 13.4. The number of carbonyl (C=O) groups is 3. The van der Waals surface area contributed by atoms with Crippen molar-refractivity contribution in [2.24, 2.45) is 11.8 Å². The summed E-state index contributed by atoms with van der Waals surface area (Å²) in [6.07, 6.45) is 15.0. The monoisotopic (exact) mass is 457 g/mol. The van der Waals surface area contributed by atoms with E-state index in [1.807, 2.05) is 52.0 Å². The number of nitrogens with zero attached hydrogens (tertiary/aromatic N) is 1. The van der Waals surface area contributed by atoms with E-state index in [2.05, 4.69) is 0 Å². The largest absolute Gasteiger partial charge is 0.507 e. The van der Waals surface area contributed by atoms with Crippen molar-refractivity contribution in [2.45, 2.75) is 52.7 Å². The third-order valence-electron chi connectivity index (χ3n) is 5.35. The van der Waals surface area contributed by atoms with Gasteiger partial charge in [0.15, 0.2) is 5.78 Å². The van der Waals surface area contributed by atoms with Crippen molar-refractivity contribution in [3.63, 3.8) is 0 Å². The highest BCUT2D eigenvalue weighted by Crippen LogP contribution is 2.24. The Hall–Kier alpha value is -3.19. The van der Waals surface area contributed by atoms with Gasteiger partial charge in [0.1, 0.15) is 11.3 Å². The second-order valence-electron chi connectivity index (χ2n) is 8.48. The van der Waals surface area contributed by atoms with E-state index < -0.39 is 29.5 Å². The van der Waals surface area contributed by atoms with E-state index in [-0.39, 0.29) is 36.4 Å². The molecule has 0 spiro atoms. The Morgan fingerprint density at radius 2 is 1.55 bits per heavy atom. The number of carboxylic acids is 1. The molecule has 0 radical (unpaired) electrons. The number of ketones is 1. The molecule has 1 aliphatic heterocycles. The summed E-state index contributed by atoms with van der Waals surface area (Å²) in [5.74, 6) is -2.42. The zero-order chi connectivity index (χ0) is 25.1. The molecule has 1 aliphatic rings. The Labute approximate surface area is 195 Å². The van der Waals surface area contributed by atoms with Crippen LogP contribution in [0.25, 0.3) is 0 Å². The van der Waals surface area contributed by atoms with Crippen molar-refractivity contribution in [1.29, 1.82) is 0 Å². The number of hydrogen-bond donors (Lipinski definition) is 3. The van der Waals surface area contributed by atoms with E-state index in [9.17, 15) is 24.6 Å². The van der Waals surface area contributed by atoms with E-state index in [1.54, 1.807) is 18.2 Å². The summed E-state index contributed by atoms with van der Waals surface area (Å²) in [5, 5.41) is 29.0. The molecule has 0 aliphatic carbocycles. The van der Waals surface area contributed by atoms with Crippen LogP contribution in [0.5, 0.6) is 0 Å². The SMILES string of the molecule is CC(C=CC=CC=CC=C/C(O)=C1\C(=O)C(CCC(=O)O)N(C)C1=O)=CC(C)C(O)C(C)C. The molecule has 1 amide bonds. The molecule has 180 valence electrons. The number of aliphatic hydroxyl groups excluding tert-OH is 2. The molecule has 3 unspecified atom stereocenters. The maximum absolute atomic E-state index is 12.4. The van der Waals surface area contributed by atoms with E-state index in [1.165, 1.54) is 19.2 Å². The fourth-order valence-corrected chi connectivity index (χ4v) is 3.46. The van der Waals surface area contributed by atoms with Gasteiger partial charge in [-0.05, 0) is 25.3 Å². The minimum Gasteiger partial charge on any atom is -0.507 e. The standard InChI is InChI=1S/C26H35NO6/c1-17(2)24(31)19(4)16-18(3)12-10-8-6-7-9-11-13-21(28)23-25(32)20(14-15-22(29)30)27(5)26(23)33/h6-13,16-17,19-20,24,28,31H,14-15H2,1-5H3,(H,29,30)/b8-6?,9-7?,12-10?,13-11?,18-16?,23-21-. The van der Waals surface area contributed by atoms with Crippen LogP contribution in [0.4, 0.5) is 0 Å². The minimum atomic E-state index is -1.05. The van der Waals surface area contributed by atoms with E-state index in [0.717, 1.165) is 10.5 Å². The molecule has 1 heterocycles. The number of Topliss-reactive ketones (excluding diaryl/α,β-unsaturated/α-hetero) is 1. The molecule has 1 fully saturated rings. The molecule has 7 heteroatoms. The third kappa shape index (κ3) is 8.69. The number of likely N-dealkylation sites (N-methyl/N-ethyl adjacent to an activating group) is 1. The lowest BCUT2D eigenvalue weighted by Crippen LogP contribution is -2.32. The van der Waals surface area contributed by atoms with Gasteiger partial charge in [-0.15, -0.1) is 0 Å². The number of likely N-dealkylation sites (tertiary alicyclic amines) is 1. The molecule has 7 nitrogen and oxygen atoms in total. The zero-order valence-electron chi connectivity index (χ0n) is 19.9. The third-order valence-corrected chi connectivity index (χ3v) is 5.35. The highest BCUT2D eigenvalue weighted by molar-refractivity contribution is 6.26. The maximum Gasteiger partial charge on any atom is 0.303 e. The minimum absolute atomic E-state index is 0.000991. The molecule has 0 aromatic carbocycles. The quantitative estimate of drug-likeness (QED) is 0.188. The summed E-state index contributed by atoms with van der Waals surface area (Å²) in [4.78, 5) is 36.6. The molecular weight excluding hydrogens is 422 g/mol. The van der Waals surface area contributed by atoms with Crippen molar-refractivity contribution >= 4 is 17.7 Å². The van der Waals surface area contributed by atoms with E-state index >= 15 is 0 Å². The average Bonchev–Trinajstić information content (AvgIpc) is 2.95. The van der Waals surface area contributed by atoms with Gasteiger partial charge in [-0.1, -0.05) is 75.0 Å². The van der Waals surface area contributed by atoms with Gasteiger partial charge in [-0.3, -0.25) is 14.4 Å². The number of aliphatic hydroxyl groups is 2. The molecule has 0 saturated carbocycles. The topological polar surface area (TPSA) is 115 Å². The highest BCUT2D eigenvalue weighted by atomic mass is 16.4. The van der Waals surface area contributed by atoms with Crippen LogP contribution in [0.1, 0.15) is 40.5 Å². The molecule has 1 saturated heterocycles. The molecule has 0 aromatic rings. The van der Waals surface area contributed by atoms with Crippen LogP contribution in [-0.2, 0) is 14.4 Å². The van der Waals surface area contributed by atoms with Gasteiger partial charge in [-0.2, -0.15) is 0 Å². The summed E-state index contributed by atoms with van der Waals surface area (Å²) in [5.41, 5.74) is 0.722. The molecule has 0 bridgehead atoms. The van der Waals surface area contributed by atoms with Crippen LogP contribution >= 0.6 is 0 Å². The predicted molar refractivity (Wildman–Crippen MR) is 128 cm³/mol. The maximum atomic E-state index is 12.4. The fraction of sp³-hybridized carbons (Fsp3) is 0.423. The van der Waals surface area contributed by atoms with Gasteiger partial charge in [0.25, 0.3) is 5.91 Å². The second-order valence-corrected chi connectivity index (χ2v) is 8.48. The highest BCUT2D eigenvalue weighted by Gasteiger charge is 2.42. The fourth-order valence-electron chi connectivity index (χ4n) is 3.46. The van der Waals surface area contributed by atoms with Crippen molar-refractivity contribution < 1.29 is 29.7 Å². The van der Waals surface area contributed by atoms with Gasteiger partial charge >= 0.3 is 5.97 Å². The number of carbonyl (C=O) groups excluding carboxylic acids is 2. The van der Waals surface area contributed by atoms with Crippen LogP contribution in [0.3, 0.4) is 0 Å². The van der Waals surface area contributed by atoms with Gasteiger partial charge in [-0.25, -0.2) is 0 Å². The summed E-state index contributed by atoms with van der Waals surface area (Å²) < 4.78 is 0. The van der Waals surface area contributed by atoms with E-state index in [0.29, 0.717) is 0 Å². The first-order valence-electron chi connectivity index (χ1n) is 11.0. The molecule has 3 atom stereocenters. The van der Waals surface area contributed by atoms with E-state index in [4.69, 9.17) is 5.11 Å². The Balaban J connectivity index is 2.68. The molecular formula is C26H35NO6. The number of carboxylic acid groups (broad SMARTS) is 1. The number of hydrogen-bond acceptors (Lipinski definition) is 5.